The van der Waals surface area contributed by atoms with E-state index < -0.39 is 0 Å². The number of furan rings is 1. The van der Waals surface area contributed by atoms with Crippen molar-refractivity contribution in [3.8, 4) is 11.3 Å². The lowest BCUT2D eigenvalue weighted by molar-refractivity contribution is 0.184. The molecule has 0 bridgehead atoms. The molecular weight excluding hydrogens is 226 g/mol. The highest BCUT2D eigenvalue weighted by molar-refractivity contribution is 5.57. The Morgan fingerprint density at radius 2 is 1.83 bits per heavy atom. The highest BCUT2D eigenvalue weighted by Crippen LogP contribution is 2.21. The fraction of sp³-hybridized carbons (Fsp3) is 0.333. The first-order valence-electron chi connectivity index (χ1n) is 6.11. The van der Waals surface area contributed by atoms with Crippen LogP contribution in [-0.2, 0) is 6.54 Å². The summed E-state index contributed by atoms with van der Waals surface area (Å²) >= 11 is 0. The summed E-state index contributed by atoms with van der Waals surface area (Å²) in [6, 6.07) is 13.9. The molecule has 1 aromatic carbocycles. The van der Waals surface area contributed by atoms with Crippen molar-refractivity contribution in [1.82, 2.24) is 5.32 Å². The molecular formula is C15H19NO2. The second kappa shape index (κ2) is 5.38. The maximum absolute atomic E-state index is 9.16. The van der Waals surface area contributed by atoms with Gasteiger partial charge in [-0.2, -0.15) is 0 Å². The van der Waals surface area contributed by atoms with Gasteiger partial charge in [-0.15, -0.1) is 0 Å². The molecule has 0 saturated heterocycles. The normalized spacial score (nSPS) is 11.7. The van der Waals surface area contributed by atoms with Crippen LogP contribution in [0.3, 0.4) is 0 Å². The lowest BCUT2D eigenvalue weighted by Gasteiger charge is -2.22. The number of aliphatic hydroxyl groups is 1. The van der Waals surface area contributed by atoms with Crippen molar-refractivity contribution >= 4 is 0 Å². The predicted molar refractivity (Wildman–Crippen MR) is 72.1 cm³/mol. The largest absolute Gasteiger partial charge is 0.460 e. The Morgan fingerprint density at radius 3 is 2.50 bits per heavy atom. The third-order valence-electron chi connectivity index (χ3n) is 2.86. The minimum atomic E-state index is -0.292. The molecule has 0 spiro atoms. The number of aliphatic hydroxyl groups excluding tert-OH is 1. The summed E-state index contributed by atoms with van der Waals surface area (Å²) < 4.78 is 5.77. The van der Waals surface area contributed by atoms with E-state index >= 15 is 0 Å². The number of rotatable bonds is 5. The zero-order valence-corrected chi connectivity index (χ0v) is 10.8. The van der Waals surface area contributed by atoms with Crippen LogP contribution >= 0.6 is 0 Å². The van der Waals surface area contributed by atoms with E-state index in [0.29, 0.717) is 6.54 Å². The number of hydrogen-bond acceptors (Lipinski definition) is 3. The van der Waals surface area contributed by atoms with Gasteiger partial charge in [0, 0.05) is 11.1 Å². The fourth-order valence-electron chi connectivity index (χ4n) is 1.61. The molecule has 0 radical (unpaired) electrons. The summed E-state index contributed by atoms with van der Waals surface area (Å²) in [5.41, 5.74) is 0.782. The van der Waals surface area contributed by atoms with E-state index in [1.54, 1.807) is 0 Å². The van der Waals surface area contributed by atoms with Gasteiger partial charge < -0.3 is 14.8 Å². The Labute approximate surface area is 107 Å². The number of benzene rings is 1. The zero-order valence-electron chi connectivity index (χ0n) is 10.8. The summed E-state index contributed by atoms with van der Waals surface area (Å²) in [7, 11) is 0. The van der Waals surface area contributed by atoms with Crippen molar-refractivity contribution in [2.45, 2.75) is 25.9 Å². The van der Waals surface area contributed by atoms with Gasteiger partial charge in [0.2, 0.25) is 0 Å². The molecule has 0 unspecified atom stereocenters. The molecule has 96 valence electrons. The van der Waals surface area contributed by atoms with Crippen LogP contribution in [0.1, 0.15) is 19.6 Å². The third kappa shape index (κ3) is 3.22. The first-order valence-corrected chi connectivity index (χ1v) is 6.11. The van der Waals surface area contributed by atoms with Gasteiger partial charge in [-0.1, -0.05) is 30.3 Å². The molecule has 0 aliphatic rings. The first kappa shape index (κ1) is 12.9. The van der Waals surface area contributed by atoms with Crippen LogP contribution in [-0.4, -0.2) is 17.3 Å². The van der Waals surface area contributed by atoms with E-state index in [0.717, 1.165) is 17.1 Å². The molecule has 0 aliphatic carbocycles. The highest BCUT2D eigenvalue weighted by atomic mass is 16.3. The first-order chi connectivity index (χ1) is 8.61. The van der Waals surface area contributed by atoms with Gasteiger partial charge in [0.15, 0.2) is 0 Å². The molecule has 2 aromatic rings. The average Bonchev–Trinajstić information content (AvgIpc) is 2.86. The van der Waals surface area contributed by atoms with Crippen LogP contribution < -0.4 is 5.32 Å². The van der Waals surface area contributed by atoms with Crippen LogP contribution in [0.4, 0.5) is 0 Å². The van der Waals surface area contributed by atoms with Crippen LogP contribution in [0.25, 0.3) is 11.3 Å². The van der Waals surface area contributed by atoms with Crippen LogP contribution in [0.2, 0.25) is 0 Å². The van der Waals surface area contributed by atoms with Crippen LogP contribution in [0, 0.1) is 0 Å². The van der Waals surface area contributed by atoms with E-state index in [4.69, 9.17) is 9.52 Å². The van der Waals surface area contributed by atoms with E-state index in [2.05, 4.69) is 5.32 Å². The van der Waals surface area contributed by atoms with Crippen molar-refractivity contribution < 1.29 is 9.52 Å². The van der Waals surface area contributed by atoms with Gasteiger partial charge in [-0.3, -0.25) is 0 Å². The Bertz CT molecular complexity index is 488. The van der Waals surface area contributed by atoms with Crippen molar-refractivity contribution in [1.29, 1.82) is 0 Å². The molecule has 3 nitrogen and oxygen atoms in total. The second-order valence-electron chi connectivity index (χ2n) is 5.03. The SMILES string of the molecule is CC(C)(CO)NCc1ccc(-c2ccccc2)o1. The van der Waals surface area contributed by atoms with Crippen molar-refractivity contribution in [3.05, 3.63) is 48.2 Å². The lowest BCUT2D eigenvalue weighted by atomic mass is 10.1. The number of nitrogens with one attached hydrogen (secondary N) is 1. The van der Waals surface area contributed by atoms with Crippen molar-refractivity contribution in [3.63, 3.8) is 0 Å². The van der Waals surface area contributed by atoms with Crippen molar-refractivity contribution in [2.75, 3.05) is 6.61 Å². The van der Waals surface area contributed by atoms with Gasteiger partial charge in [-0.25, -0.2) is 0 Å². The Kier molecular flexibility index (Phi) is 3.84. The molecule has 0 aliphatic heterocycles. The van der Waals surface area contributed by atoms with Gasteiger partial charge in [0.05, 0.1) is 13.2 Å². The summed E-state index contributed by atoms with van der Waals surface area (Å²) in [6.07, 6.45) is 0. The molecule has 0 atom stereocenters. The smallest absolute Gasteiger partial charge is 0.134 e. The van der Waals surface area contributed by atoms with Crippen LogP contribution in [0.15, 0.2) is 46.9 Å². The summed E-state index contributed by atoms with van der Waals surface area (Å²) in [6.45, 7) is 4.61. The van der Waals surface area contributed by atoms with Crippen LogP contribution in [0.5, 0.6) is 0 Å². The third-order valence-corrected chi connectivity index (χ3v) is 2.86. The molecule has 1 aromatic heterocycles. The Morgan fingerprint density at radius 1 is 1.11 bits per heavy atom. The molecule has 0 fully saturated rings. The van der Waals surface area contributed by atoms with E-state index in [9.17, 15) is 0 Å². The highest BCUT2D eigenvalue weighted by Gasteiger charge is 2.15. The van der Waals surface area contributed by atoms with Gasteiger partial charge in [0.25, 0.3) is 0 Å². The minimum absolute atomic E-state index is 0.0965. The van der Waals surface area contributed by atoms with E-state index in [1.165, 1.54) is 0 Å². The molecule has 3 heteroatoms. The maximum Gasteiger partial charge on any atom is 0.134 e. The maximum atomic E-state index is 9.16. The summed E-state index contributed by atoms with van der Waals surface area (Å²) in [5, 5.41) is 12.4. The standard InChI is InChI=1S/C15H19NO2/c1-15(2,11-17)16-10-13-8-9-14(18-13)12-6-4-3-5-7-12/h3-9,16-17H,10-11H2,1-2H3. The predicted octanol–water partition coefficient (Wildman–Crippen LogP) is 2.81. The fourth-order valence-corrected chi connectivity index (χ4v) is 1.61. The molecule has 1 heterocycles. The van der Waals surface area contributed by atoms with E-state index in [-0.39, 0.29) is 12.1 Å². The Hall–Kier alpha value is -1.58. The molecule has 2 N–H and O–H groups in total. The average molecular weight is 245 g/mol. The molecule has 18 heavy (non-hydrogen) atoms. The molecule has 0 amide bonds. The van der Waals surface area contributed by atoms with Crippen molar-refractivity contribution in [2.24, 2.45) is 0 Å². The van der Waals surface area contributed by atoms with Gasteiger partial charge in [0.1, 0.15) is 11.5 Å². The van der Waals surface area contributed by atoms with E-state index in [1.807, 2.05) is 56.3 Å². The lowest BCUT2D eigenvalue weighted by Crippen LogP contribution is -2.41. The summed E-state index contributed by atoms with van der Waals surface area (Å²) in [5.74, 6) is 1.74. The number of hydrogen-bond donors (Lipinski definition) is 2. The Balaban J connectivity index is 2.03. The topological polar surface area (TPSA) is 45.4 Å². The zero-order chi connectivity index (χ0) is 13.0. The van der Waals surface area contributed by atoms with Gasteiger partial charge >= 0.3 is 0 Å². The molecule has 0 saturated carbocycles. The monoisotopic (exact) mass is 245 g/mol. The molecule has 2 rings (SSSR count). The quantitative estimate of drug-likeness (QED) is 0.851. The summed E-state index contributed by atoms with van der Waals surface area (Å²) in [4.78, 5) is 0. The van der Waals surface area contributed by atoms with Gasteiger partial charge in [-0.05, 0) is 26.0 Å². The second-order valence-corrected chi connectivity index (χ2v) is 5.03. The minimum Gasteiger partial charge on any atom is -0.460 e.